The van der Waals surface area contributed by atoms with Gasteiger partial charge in [0.05, 0.1) is 0 Å². The smallest absolute Gasteiger partial charge is 0.220 e. The maximum absolute atomic E-state index is 13.1. The largest absolute Gasteiger partial charge is 0.354 e. The Balaban J connectivity index is 1.66. The Kier molecular flexibility index (Phi) is 9.56. The molecule has 4 nitrogen and oxygen atoms in total. The molecule has 3 aromatic rings. The molecule has 2 unspecified atom stereocenters. The van der Waals surface area contributed by atoms with Crippen LogP contribution in [0.1, 0.15) is 63.5 Å². The lowest BCUT2D eigenvalue weighted by molar-refractivity contribution is -0.122. The van der Waals surface area contributed by atoms with Crippen LogP contribution in [-0.2, 0) is 18.3 Å². The number of rotatable bonds is 13. The lowest BCUT2D eigenvalue weighted by Crippen LogP contribution is -2.34. The van der Waals surface area contributed by atoms with Gasteiger partial charge in [0, 0.05) is 36.6 Å². The van der Waals surface area contributed by atoms with Crippen molar-refractivity contribution in [3.8, 4) is 0 Å². The highest BCUT2D eigenvalue weighted by molar-refractivity contribution is 5.85. The number of hydrogen-bond acceptors (Lipinski definition) is 2. The number of para-hydroxylation sites is 1. The second kappa shape index (κ2) is 12.6. The minimum absolute atomic E-state index is 0.163. The Hall–Kier alpha value is -2.59. The highest BCUT2D eigenvalue weighted by Gasteiger charge is 2.21. The summed E-state index contributed by atoms with van der Waals surface area (Å²) in [5.41, 5.74) is 3.84. The zero-order valence-corrected chi connectivity index (χ0v) is 20.9. The lowest BCUT2D eigenvalue weighted by atomic mass is 9.89. The molecular formula is C29H41N3O. The van der Waals surface area contributed by atoms with Crippen molar-refractivity contribution in [1.29, 1.82) is 0 Å². The molecule has 0 spiro atoms. The van der Waals surface area contributed by atoms with Crippen molar-refractivity contribution in [1.82, 2.24) is 14.8 Å². The van der Waals surface area contributed by atoms with Gasteiger partial charge in [-0.2, -0.15) is 0 Å². The normalized spacial score (nSPS) is 13.4. The van der Waals surface area contributed by atoms with Crippen LogP contribution < -0.4 is 5.32 Å². The summed E-state index contributed by atoms with van der Waals surface area (Å²) < 4.78 is 2.19. The van der Waals surface area contributed by atoms with Gasteiger partial charge in [0.15, 0.2) is 0 Å². The van der Waals surface area contributed by atoms with Crippen LogP contribution >= 0.6 is 0 Å². The molecule has 0 aliphatic heterocycles. The minimum atomic E-state index is 0.163. The van der Waals surface area contributed by atoms with Crippen molar-refractivity contribution in [3.63, 3.8) is 0 Å². The number of benzene rings is 2. The van der Waals surface area contributed by atoms with Gasteiger partial charge >= 0.3 is 0 Å². The molecule has 2 atom stereocenters. The maximum atomic E-state index is 13.1. The van der Waals surface area contributed by atoms with E-state index in [0.717, 1.165) is 45.3 Å². The van der Waals surface area contributed by atoms with Gasteiger partial charge in [-0.15, -0.1) is 0 Å². The van der Waals surface area contributed by atoms with E-state index in [-0.39, 0.29) is 17.9 Å². The Bertz CT molecular complexity index is 991. The zero-order chi connectivity index (χ0) is 23.6. The van der Waals surface area contributed by atoms with Gasteiger partial charge in [0.1, 0.15) is 0 Å². The molecular weight excluding hydrogens is 406 g/mol. The summed E-state index contributed by atoms with van der Waals surface area (Å²) in [6.45, 7) is 9.83. The number of carbonyl (C=O) groups excluding carboxylic acids is 1. The van der Waals surface area contributed by atoms with Crippen LogP contribution in [0, 0.1) is 0 Å². The molecule has 0 aliphatic carbocycles. The van der Waals surface area contributed by atoms with Gasteiger partial charge in [-0.3, -0.25) is 4.79 Å². The van der Waals surface area contributed by atoms with Crippen LogP contribution in [0.15, 0.2) is 60.8 Å². The number of fused-ring (bicyclic) bond motifs is 1. The first-order valence-electron chi connectivity index (χ1n) is 12.6. The SMILES string of the molecule is CCN(CC)CCCC(C)NC(=O)CC(CCc1ccccc1)c1cn(C)c2ccccc12. The van der Waals surface area contributed by atoms with E-state index in [1.54, 1.807) is 0 Å². The molecule has 0 aliphatic rings. The van der Waals surface area contributed by atoms with E-state index in [2.05, 4.69) is 103 Å². The predicted molar refractivity (Wildman–Crippen MR) is 140 cm³/mol. The van der Waals surface area contributed by atoms with Gasteiger partial charge in [-0.1, -0.05) is 62.4 Å². The number of nitrogens with zero attached hydrogens (tertiary/aromatic N) is 2. The van der Waals surface area contributed by atoms with Crippen LogP contribution in [-0.4, -0.2) is 41.1 Å². The van der Waals surface area contributed by atoms with E-state index < -0.39 is 0 Å². The van der Waals surface area contributed by atoms with Gasteiger partial charge in [0.2, 0.25) is 5.91 Å². The summed E-state index contributed by atoms with van der Waals surface area (Å²) in [6.07, 6.45) is 6.82. The minimum Gasteiger partial charge on any atom is -0.354 e. The second-order valence-electron chi connectivity index (χ2n) is 9.28. The van der Waals surface area contributed by atoms with Crippen LogP contribution in [0.2, 0.25) is 0 Å². The molecule has 0 radical (unpaired) electrons. The van der Waals surface area contributed by atoms with E-state index >= 15 is 0 Å². The monoisotopic (exact) mass is 447 g/mol. The van der Waals surface area contributed by atoms with E-state index in [1.165, 1.54) is 22.0 Å². The molecule has 0 saturated heterocycles. The van der Waals surface area contributed by atoms with Crippen LogP contribution in [0.4, 0.5) is 0 Å². The zero-order valence-electron chi connectivity index (χ0n) is 20.9. The summed E-state index contributed by atoms with van der Waals surface area (Å²) in [5.74, 6) is 0.357. The molecule has 0 bridgehead atoms. The summed E-state index contributed by atoms with van der Waals surface area (Å²) in [5, 5.41) is 4.54. The summed E-state index contributed by atoms with van der Waals surface area (Å²) in [6, 6.07) is 19.3. The first kappa shape index (κ1) is 25.0. The number of amides is 1. The van der Waals surface area contributed by atoms with Gasteiger partial charge in [-0.05, 0) is 75.4 Å². The van der Waals surface area contributed by atoms with Crippen LogP contribution in [0.3, 0.4) is 0 Å². The topological polar surface area (TPSA) is 37.3 Å². The molecule has 1 heterocycles. The third-order valence-corrected chi connectivity index (χ3v) is 6.84. The Morgan fingerprint density at radius 2 is 1.70 bits per heavy atom. The standard InChI is InChI=1S/C29H41N3O/c1-5-32(6-2)20-12-13-23(3)30-29(33)21-25(19-18-24-14-8-7-9-15-24)27-22-31(4)28-17-11-10-16-26(27)28/h7-11,14-17,22-23,25H,5-6,12-13,18-21H2,1-4H3,(H,30,33). The highest BCUT2D eigenvalue weighted by Crippen LogP contribution is 2.32. The summed E-state index contributed by atoms with van der Waals surface area (Å²) in [7, 11) is 2.10. The van der Waals surface area contributed by atoms with E-state index in [1.807, 2.05) is 0 Å². The number of hydrogen-bond donors (Lipinski definition) is 1. The van der Waals surface area contributed by atoms with Crippen molar-refractivity contribution in [3.05, 3.63) is 71.9 Å². The molecule has 1 N–H and O–H groups in total. The van der Waals surface area contributed by atoms with Crippen LogP contribution in [0.5, 0.6) is 0 Å². The third-order valence-electron chi connectivity index (χ3n) is 6.84. The van der Waals surface area contributed by atoms with Crippen molar-refractivity contribution in [2.45, 2.75) is 64.8 Å². The number of aryl methyl sites for hydroxylation is 2. The predicted octanol–water partition coefficient (Wildman–Crippen LogP) is 5.91. The van der Waals surface area contributed by atoms with E-state index in [9.17, 15) is 4.79 Å². The number of nitrogens with one attached hydrogen (secondary N) is 1. The summed E-state index contributed by atoms with van der Waals surface area (Å²) in [4.78, 5) is 15.5. The van der Waals surface area contributed by atoms with Crippen molar-refractivity contribution < 1.29 is 4.79 Å². The van der Waals surface area contributed by atoms with E-state index in [4.69, 9.17) is 0 Å². The molecule has 4 heteroatoms. The molecule has 0 fully saturated rings. The number of carbonyl (C=O) groups is 1. The average molecular weight is 448 g/mol. The van der Waals surface area contributed by atoms with Crippen molar-refractivity contribution in [2.75, 3.05) is 19.6 Å². The van der Waals surface area contributed by atoms with Crippen molar-refractivity contribution in [2.24, 2.45) is 7.05 Å². The molecule has 1 amide bonds. The Morgan fingerprint density at radius 3 is 2.42 bits per heavy atom. The van der Waals surface area contributed by atoms with Crippen LogP contribution in [0.25, 0.3) is 10.9 Å². The van der Waals surface area contributed by atoms with Gasteiger partial charge < -0.3 is 14.8 Å². The molecule has 178 valence electrons. The Labute approximate surface area is 200 Å². The maximum Gasteiger partial charge on any atom is 0.220 e. The van der Waals surface area contributed by atoms with Gasteiger partial charge in [-0.25, -0.2) is 0 Å². The first-order valence-corrected chi connectivity index (χ1v) is 12.6. The molecule has 0 saturated carbocycles. The second-order valence-corrected chi connectivity index (χ2v) is 9.28. The van der Waals surface area contributed by atoms with Gasteiger partial charge in [0.25, 0.3) is 0 Å². The Morgan fingerprint density at radius 1 is 1.00 bits per heavy atom. The number of aromatic nitrogens is 1. The fourth-order valence-corrected chi connectivity index (χ4v) is 4.84. The fourth-order valence-electron chi connectivity index (χ4n) is 4.84. The average Bonchev–Trinajstić information content (AvgIpc) is 3.16. The summed E-state index contributed by atoms with van der Waals surface area (Å²) >= 11 is 0. The molecule has 1 aromatic heterocycles. The molecule has 3 rings (SSSR count). The fraction of sp³-hybridized carbons (Fsp3) is 0.483. The quantitative estimate of drug-likeness (QED) is 0.354. The van der Waals surface area contributed by atoms with E-state index in [0.29, 0.717) is 6.42 Å². The third kappa shape index (κ3) is 7.20. The van der Waals surface area contributed by atoms with Crippen molar-refractivity contribution >= 4 is 16.8 Å². The molecule has 2 aromatic carbocycles. The lowest BCUT2D eigenvalue weighted by Gasteiger charge is -2.21. The first-order chi connectivity index (χ1) is 16.0. The highest BCUT2D eigenvalue weighted by atomic mass is 16.1. The molecule has 33 heavy (non-hydrogen) atoms.